The van der Waals surface area contributed by atoms with E-state index in [0.29, 0.717) is 17.7 Å². The number of piperidine rings is 1. The number of phenols is 1. The average Bonchev–Trinajstić information content (AvgIpc) is 2.43. The molecule has 21 heavy (non-hydrogen) atoms. The van der Waals surface area contributed by atoms with E-state index in [1.54, 1.807) is 4.90 Å². The number of hydrogen-bond donors (Lipinski definition) is 2. The van der Waals surface area contributed by atoms with Crippen molar-refractivity contribution in [1.29, 1.82) is 0 Å². The first-order valence-corrected chi connectivity index (χ1v) is 7.63. The molecule has 1 saturated heterocycles. The lowest BCUT2D eigenvalue weighted by Crippen LogP contribution is -3.18. The van der Waals surface area contributed by atoms with Gasteiger partial charge in [-0.1, -0.05) is 19.9 Å². The molecule has 0 aromatic heterocycles. The molecule has 3 rings (SSSR count). The van der Waals surface area contributed by atoms with Crippen LogP contribution >= 0.6 is 0 Å². The molecule has 0 amide bonds. The molecular weight excluding hydrogens is 282 g/mol. The number of rotatable bonds is 1. The zero-order valence-corrected chi connectivity index (χ0v) is 13.8. The van der Waals surface area contributed by atoms with Gasteiger partial charge in [-0.15, -0.1) is 5.92 Å². The minimum Gasteiger partial charge on any atom is -1.00 e. The molecule has 2 N–H and O–H groups in total. The second-order valence-corrected chi connectivity index (χ2v) is 6.62. The Kier molecular flexibility index (Phi) is 4.56. The summed E-state index contributed by atoms with van der Waals surface area (Å²) in [5, 5.41) is 9.83. The molecule has 2 bridgehead atoms. The lowest BCUT2D eigenvalue weighted by Gasteiger charge is -2.51. The van der Waals surface area contributed by atoms with Crippen molar-refractivity contribution >= 4 is 0 Å². The van der Waals surface area contributed by atoms with Crippen LogP contribution in [0.2, 0.25) is 0 Å². The van der Waals surface area contributed by atoms with E-state index in [9.17, 15) is 5.11 Å². The van der Waals surface area contributed by atoms with Gasteiger partial charge in [0.2, 0.25) is 0 Å². The summed E-state index contributed by atoms with van der Waals surface area (Å²) in [5.74, 6) is 7.34. The summed E-state index contributed by atoms with van der Waals surface area (Å²) in [6.45, 7) is 8.85. The van der Waals surface area contributed by atoms with Crippen LogP contribution in [-0.2, 0) is 11.8 Å². The highest BCUT2D eigenvalue weighted by atomic mass is 35.5. The Labute approximate surface area is 134 Å². The van der Waals surface area contributed by atoms with Gasteiger partial charge in [0, 0.05) is 24.2 Å². The largest absolute Gasteiger partial charge is 1.00 e. The Hall–Kier alpha value is -1.17. The molecule has 1 aliphatic carbocycles. The molecule has 114 valence electrons. The van der Waals surface area contributed by atoms with Gasteiger partial charge < -0.3 is 22.4 Å². The molecule has 0 radical (unpaired) electrons. The van der Waals surface area contributed by atoms with Crippen molar-refractivity contribution in [3.63, 3.8) is 0 Å². The molecule has 2 aliphatic rings. The summed E-state index contributed by atoms with van der Waals surface area (Å²) in [6, 6.07) is 6.61. The lowest BCUT2D eigenvalue weighted by molar-refractivity contribution is -0.930. The predicted octanol–water partition coefficient (Wildman–Crippen LogP) is -1.47. The third-order valence-corrected chi connectivity index (χ3v) is 5.74. The Bertz CT molecular complexity index is 589. The van der Waals surface area contributed by atoms with Gasteiger partial charge in [-0.3, -0.25) is 0 Å². The number of quaternary nitrogens is 1. The van der Waals surface area contributed by atoms with E-state index in [0.717, 1.165) is 13.0 Å². The van der Waals surface area contributed by atoms with Crippen LogP contribution in [0, 0.1) is 17.8 Å². The molecule has 1 fully saturated rings. The van der Waals surface area contributed by atoms with Crippen LogP contribution in [0.15, 0.2) is 18.2 Å². The fourth-order valence-electron chi connectivity index (χ4n) is 4.26. The highest BCUT2D eigenvalue weighted by Gasteiger charge is 2.50. The second-order valence-electron chi connectivity index (χ2n) is 6.62. The van der Waals surface area contributed by atoms with E-state index >= 15 is 0 Å². The van der Waals surface area contributed by atoms with Crippen molar-refractivity contribution in [2.24, 2.45) is 5.92 Å². The van der Waals surface area contributed by atoms with E-state index < -0.39 is 0 Å². The summed E-state index contributed by atoms with van der Waals surface area (Å²) in [7, 11) is 0. The van der Waals surface area contributed by atoms with Crippen LogP contribution in [0.4, 0.5) is 0 Å². The van der Waals surface area contributed by atoms with Gasteiger partial charge in [0.1, 0.15) is 12.3 Å². The van der Waals surface area contributed by atoms with Gasteiger partial charge in [-0.2, -0.15) is 0 Å². The van der Waals surface area contributed by atoms with Crippen molar-refractivity contribution < 1.29 is 22.4 Å². The molecular formula is C18H24ClNO. The van der Waals surface area contributed by atoms with Gasteiger partial charge in [0.25, 0.3) is 0 Å². The van der Waals surface area contributed by atoms with Crippen LogP contribution in [0.1, 0.15) is 38.3 Å². The third kappa shape index (κ3) is 2.54. The number of phenolic OH excluding ortho intramolecular Hbond substituents is 1. The first-order chi connectivity index (χ1) is 9.56. The van der Waals surface area contributed by atoms with Crippen LogP contribution in [0.25, 0.3) is 0 Å². The fourth-order valence-corrected chi connectivity index (χ4v) is 4.26. The monoisotopic (exact) mass is 305 g/mol. The summed E-state index contributed by atoms with van der Waals surface area (Å²) in [5.41, 5.74) is 3.01. The molecule has 3 heteroatoms. The van der Waals surface area contributed by atoms with Gasteiger partial charge in [0.15, 0.2) is 0 Å². The molecule has 1 heterocycles. The first-order valence-electron chi connectivity index (χ1n) is 7.63. The number of likely N-dealkylation sites (tertiary alicyclic amines) is 1. The molecule has 4 atom stereocenters. The van der Waals surface area contributed by atoms with Gasteiger partial charge in [0.05, 0.1) is 12.6 Å². The Morgan fingerprint density at radius 2 is 2.19 bits per heavy atom. The topological polar surface area (TPSA) is 24.7 Å². The van der Waals surface area contributed by atoms with Gasteiger partial charge in [-0.25, -0.2) is 0 Å². The van der Waals surface area contributed by atoms with E-state index in [2.05, 4.69) is 31.8 Å². The third-order valence-electron chi connectivity index (χ3n) is 5.74. The molecule has 0 saturated carbocycles. The van der Waals surface area contributed by atoms with Crippen molar-refractivity contribution in [2.45, 2.75) is 45.1 Å². The number of aromatic hydroxyl groups is 1. The Balaban J connectivity index is 0.00000161. The highest BCUT2D eigenvalue weighted by Crippen LogP contribution is 2.45. The fraction of sp³-hybridized carbons (Fsp3) is 0.556. The maximum Gasteiger partial charge on any atom is 0.139 e. The van der Waals surface area contributed by atoms with Crippen molar-refractivity contribution in [3.05, 3.63) is 29.3 Å². The smallest absolute Gasteiger partial charge is 0.139 e. The van der Waals surface area contributed by atoms with Crippen LogP contribution in [-0.4, -0.2) is 24.2 Å². The number of hydrogen-bond acceptors (Lipinski definition) is 1. The van der Waals surface area contributed by atoms with E-state index in [4.69, 9.17) is 0 Å². The summed E-state index contributed by atoms with van der Waals surface area (Å²) in [6.07, 6.45) is 2.30. The molecule has 2 nitrogen and oxygen atoms in total. The molecule has 1 aromatic carbocycles. The van der Waals surface area contributed by atoms with Crippen LogP contribution < -0.4 is 17.3 Å². The normalized spacial score (nSPS) is 33.2. The number of halogens is 1. The van der Waals surface area contributed by atoms with Crippen LogP contribution in [0.5, 0.6) is 5.75 Å². The zero-order valence-electron chi connectivity index (χ0n) is 13.0. The minimum absolute atomic E-state index is 0. The standard InChI is InChI=1S/C18H23NO.ClH/c1-4-5-9-19-10-8-18(3)13(2)17(19)11-14-6-7-15(20)12-16(14)18;/h6-7,12-13,17,20H,8-11H2,1-3H3;1H/t13-,17+,18+;/m1./s1. The van der Waals surface area contributed by atoms with E-state index in [1.807, 2.05) is 19.1 Å². The molecule has 1 unspecified atom stereocenters. The maximum absolute atomic E-state index is 9.83. The van der Waals surface area contributed by atoms with Gasteiger partial charge >= 0.3 is 0 Å². The summed E-state index contributed by atoms with van der Waals surface area (Å²) >= 11 is 0. The zero-order chi connectivity index (χ0) is 14.3. The predicted molar refractivity (Wildman–Crippen MR) is 80.9 cm³/mol. The van der Waals surface area contributed by atoms with Crippen molar-refractivity contribution in [1.82, 2.24) is 0 Å². The van der Waals surface area contributed by atoms with Crippen molar-refractivity contribution in [3.8, 4) is 17.6 Å². The maximum atomic E-state index is 9.83. The number of nitrogens with one attached hydrogen (secondary N) is 1. The lowest BCUT2D eigenvalue weighted by atomic mass is 9.59. The quantitative estimate of drug-likeness (QED) is 0.608. The molecule has 1 aromatic rings. The molecule has 0 spiro atoms. The van der Waals surface area contributed by atoms with Gasteiger partial charge in [-0.05, 0) is 36.1 Å². The first kappa shape index (κ1) is 16.2. The molecule has 1 aliphatic heterocycles. The average molecular weight is 306 g/mol. The number of benzene rings is 1. The Morgan fingerprint density at radius 1 is 1.43 bits per heavy atom. The van der Waals surface area contributed by atoms with Crippen LogP contribution in [0.3, 0.4) is 0 Å². The van der Waals surface area contributed by atoms with E-state index in [1.165, 1.54) is 24.1 Å². The van der Waals surface area contributed by atoms with Crippen molar-refractivity contribution in [2.75, 3.05) is 13.1 Å². The Morgan fingerprint density at radius 3 is 2.90 bits per heavy atom. The summed E-state index contributed by atoms with van der Waals surface area (Å²) in [4.78, 5) is 1.64. The summed E-state index contributed by atoms with van der Waals surface area (Å²) < 4.78 is 0. The number of fused-ring (bicyclic) bond motifs is 4. The minimum atomic E-state index is 0. The van der Waals surface area contributed by atoms with E-state index in [-0.39, 0.29) is 17.8 Å². The second kappa shape index (κ2) is 5.91. The highest BCUT2D eigenvalue weighted by molar-refractivity contribution is 5.43. The SMILES string of the molecule is CC#CC[NH+]1CC[C@]2(C)c3cc(O)ccc3C[C@H]1[C@H]2C.[Cl-].